The molecule has 1 saturated heterocycles. The predicted octanol–water partition coefficient (Wildman–Crippen LogP) is 6.06. The molecule has 2 N–H and O–H groups in total. The first-order valence-electron chi connectivity index (χ1n) is 12.0. The van der Waals surface area contributed by atoms with E-state index < -0.39 is 11.6 Å². The molecule has 1 fully saturated rings. The van der Waals surface area contributed by atoms with E-state index in [4.69, 9.17) is 0 Å². The average Bonchev–Trinajstić information content (AvgIpc) is 2.85. The summed E-state index contributed by atoms with van der Waals surface area (Å²) in [5.74, 6) is -1.06. The Balaban J connectivity index is 1.44. The largest absolute Gasteiger partial charge is 0.345 e. The highest BCUT2D eigenvalue weighted by Gasteiger charge is 2.22. The molecule has 0 saturated carbocycles. The molecule has 2 aliphatic rings. The predicted molar refractivity (Wildman–Crippen MR) is 132 cm³/mol. The second-order valence-corrected chi connectivity index (χ2v) is 9.32. The second-order valence-electron chi connectivity index (χ2n) is 9.32. The number of rotatable bonds is 5. The van der Waals surface area contributed by atoms with E-state index in [2.05, 4.69) is 20.6 Å². The molecular weight excluding hydrogens is 451 g/mol. The van der Waals surface area contributed by atoms with Crippen molar-refractivity contribution >= 4 is 17.3 Å². The van der Waals surface area contributed by atoms with Crippen LogP contribution in [0.4, 0.5) is 30.5 Å². The molecule has 0 bridgehead atoms. The van der Waals surface area contributed by atoms with E-state index in [1.807, 2.05) is 31.0 Å². The van der Waals surface area contributed by atoms with Crippen molar-refractivity contribution in [3.05, 3.63) is 77.4 Å². The quantitative estimate of drug-likeness (QED) is 0.466. The summed E-state index contributed by atoms with van der Waals surface area (Å²) in [7, 11) is 0. The summed E-state index contributed by atoms with van der Waals surface area (Å²) in [4.78, 5) is 10.3. The van der Waals surface area contributed by atoms with Gasteiger partial charge in [-0.25, -0.2) is 23.1 Å². The minimum absolute atomic E-state index is 0.0192. The van der Waals surface area contributed by atoms with Crippen molar-refractivity contribution < 1.29 is 13.2 Å². The Bertz CT molecular complexity index is 1270. The van der Waals surface area contributed by atoms with E-state index in [1.165, 1.54) is 12.1 Å². The van der Waals surface area contributed by atoms with Gasteiger partial charge in [0, 0.05) is 34.7 Å². The summed E-state index contributed by atoms with van der Waals surface area (Å²) < 4.78 is 44.6. The smallest absolute Gasteiger partial charge is 0.227 e. The summed E-state index contributed by atoms with van der Waals surface area (Å²) >= 11 is 0. The summed E-state index contributed by atoms with van der Waals surface area (Å²) in [6.07, 6.45) is 7.14. The Morgan fingerprint density at radius 3 is 2.57 bits per heavy atom. The fraction of sp³-hybridized carbons (Fsp3) is 0.333. The lowest BCUT2D eigenvalue weighted by Crippen LogP contribution is -2.28. The molecule has 1 aromatic heterocycles. The molecule has 182 valence electrons. The van der Waals surface area contributed by atoms with Gasteiger partial charge in [-0.1, -0.05) is 12.1 Å². The van der Waals surface area contributed by atoms with Crippen LogP contribution in [0.1, 0.15) is 43.7 Å². The number of piperidine rings is 1. The Hall–Kier alpha value is -3.39. The Morgan fingerprint density at radius 2 is 1.83 bits per heavy atom. The van der Waals surface area contributed by atoms with Crippen LogP contribution in [-0.2, 0) is 6.42 Å². The maximum absolute atomic E-state index is 15.0. The number of anilines is 3. The maximum atomic E-state index is 15.0. The van der Waals surface area contributed by atoms with E-state index in [1.54, 1.807) is 18.2 Å². The first-order chi connectivity index (χ1) is 16.9. The van der Waals surface area contributed by atoms with Crippen molar-refractivity contribution in [1.82, 2.24) is 15.3 Å². The van der Waals surface area contributed by atoms with Gasteiger partial charge in [0.1, 0.15) is 17.3 Å². The van der Waals surface area contributed by atoms with Crippen LogP contribution in [0.15, 0.2) is 48.8 Å². The average molecular weight is 480 g/mol. The van der Waals surface area contributed by atoms with Crippen molar-refractivity contribution in [3.8, 4) is 11.3 Å². The van der Waals surface area contributed by atoms with E-state index in [0.29, 0.717) is 34.5 Å². The summed E-state index contributed by atoms with van der Waals surface area (Å²) in [5.41, 5.74) is 2.73. The van der Waals surface area contributed by atoms with Gasteiger partial charge in [0.15, 0.2) is 5.82 Å². The molecule has 0 unspecified atom stereocenters. The van der Waals surface area contributed by atoms with Crippen LogP contribution in [0, 0.1) is 17.5 Å². The van der Waals surface area contributed by atoms with Crippen LogP contribution in [0.3, 0.4) is 0 Å². The zero-order valence-corrected chi connectivity index (χ0v) is 19.8. The zero-order chi connectivity index (χ0) is 24.5. The van der Waals surface area contributed by atoms with Gasteiger partial charge in [0.25, 0.3) is 0 Å². The maximum Gasteiger partial charge on any atom is 0.227 e. The Labute approximate surface area is 203 Å². The molecule has 35 heavy (non-hydrogen) atoms. The molecule has 2 aromatic carbocycles. The van der Waals surface area contributed by atoms with Gasteiger partial charge in [-0.2, -0.15) is 0 Å². The lowest BCUT2D eigenvalue weighted by molar-refractivity contribution is 0.445. The first kappa shape index (κ1) is 23.4. The summed E-state index contributed by atoms with van der Waals surface area (Å²) in [6.45, 7) is 5.77. The molecule has 3 aromatic rings. The molecule has 5 rings (SSSR count). The van der Waals surface area contributed by atoms with Crippen LogP contribution in [0.5, 0.6) is 0 Å². The highest BCUT2D eigenvalue weighted by Crippen LogP contribution is 2.35. The lowest BCUT2D eigenvalue weighted by Gasteiger charge is -2.30. The monoisotopic (exact) mass is 479 g/mol. The molecule has 0 amide bonds. The minimum Gasteiger partial charge on any atom is -0.345 e. The van der Waals surface area contributed by atoms with Crippen LogP contribution in [0.2, 0.25) is 0 Å². The van der Waals surface area contributed by atoms with Crippen molar-refractivity contribution in [2.24, 2.45) is 0 Å². The molecule has 3 heterocycles. The third-order valence-corrected chi connectivity index (χ3v) is 6.65. The fourth-order valence-electron chi connectivity index (χ4n) is 4.83. The van der Waals surface area contributed by atoms with E-state index in [-0.39, 0.29) is 29.4 Å². The van der Waals surface area contributed by atoms with E-state index >= 15 is 0 Å². The molecule has 5 nitrogen and oxygen atoms in total. The number of nitrogens with zero attached hydrogens (tertiary/aromatic N) is 3. The third-order valence-electron chi connectivity index (χ3n) is 6.65. The van der Waals surface area contributed by atoms with E-state index in [9.17, 15) is 13.2 Å². The number of aromatic nitrogens is 2. The van der Waals surface area contributed by atoms with Crippen molar-refractivity contribution in [3.63, 3.8) is 0 Å². The van der Waals surface area contributed by atoms with Gasteiger partial charge in [-0.05, 0) is 81.9 Å². The van der Waals surface area contributed by atoms with E-state index in [0.717, 1.165) is 32.1 Å². The number of hydrogen-bond donors (Lipinski definition) is 2. The topological polar surface area (TPSA) is 53.1 Å². The van der Waals surface area contributed by atoms with Gasteiger partial charge in [0.05, 0.1) is 6.20 Å². The molecule has 0 radical (unpaired) electrons. The van der Waals surface area contributed by atoms with Crippen molar-refractivity contribution in [1.29, 1.82) is 0 Å². The number of fused-ring (bicyclic) bond motifs is 1. The number of halogens is 3. The van der Waals surface area contributed by atoms with Crippen LogP contribution in [0.25, 0.3) is 11.3 Å². The lowest BCUT2D eigenvalue weighted by atomic mass is 9.90. The third kappa shape index (κ3) is 4.75. The second kappa shape index (κ2) is 9.70. The molecule has 0 aliphatic carbocycles. The van der Waals surface area contributed by atoms with Gasteiger partial charge in [-0.3, -0.25) is 0 Å². The van der Waals surface area contributed by atoms with Gasteiger partial charge in [-0.15, -0.1) is 0 Å². The molecule has 0 atom stereocenters. The van der Waals surface area contributed by atoms with Gasteiger partial charge in [0.2, 0.25) is 5.95 Å². The SMILES string of the molecule is CC(C)N1C=CCc2c(F)cc(-c3nc(Nc4ccc(C5CCNCC5)c(F)c4)ncc3F)cc21. The van der Waals surface area contributed by atoms with Crippen LogP contribution < -0.4 is 15.5 Å². The fourth-order valence-corrected chi connectivity index (χ4v) is 4.83. The number of benzene rings is 2. The summed E-state index contributed by atoms with van der Waals surface area (Å²) in [5, 5.41) is 6.25. The van der Waals surface area contributed by atoms with Crippen molar-refractivity contribution in [2.45, 2.75) is 45.1 Å². The van der Waals surface area contributed by atoms with Gasteiger partial charge >= 0.3 is 0 Å². The number of hydrogen-bond acceptors (Lipinski definition) is 5. The normalized spacial score (nSPS) is 16.0. The highest BCUT2D eigenvalue weighted by atomic mass is 19.1. The molecular formula is C27H28F3N5. The van der Waals surface area contributed by atoms with Crippen molar-refractivity contribution in [2.75, 3.05) is 23.3 Å². The zero-order valence-electron chi connectivity index (χ0n) is 19.8. The molecule has 8 heteroatoms. The Kier molecular flexibility index (Phi) is 6.47. The molecule has 0 spiro atoms. The van der Waals surface area contributed by atoms with Crippen LogP contribution >= 0.6 is 0 Å². The molecule has 2 aliphatic heterocycles. The van der Waals surface area contributed by atoms with Crippen LogP contribution in [-0.4, -0.2) is 29.1 Å². The highest BCUT2D eigenvalue weighted by molar-refractivity contribution is 5.72. The standard InChI is InChI=1S/C27H28F3N5/c1-16(2)35-11-3-4-21-22(28)12-18(13-25(21)35)26-24(30)15-32-27(34-26)33-19-5-6-20(23(29)14-19)17-7-9-31-10-8-17/h3,5-6,11-17,31H,4,7-10H2,1-2H3,(H,32,33,34). The minimum atomic E-state index is -0.662. The first-order valence-corrected chi connectivity index (χ1v) is 12.0. The van der Waals surface area contributed by atoms with Gasteiger partial charge < -0.3 is 15.5 Å². The number of nitrogens with one attached hydrogen (secondary N) is 2. The number of allylic oxidation sites excluding steroid dienone is 1. The Morgan fingerprint density at radius 1 is 1.03 bits per heavy atom. The summed E-state index contributed by atoms with van der Waals surface area (Å²) in [6, 6.07) is 8.14.